The van der Waals surface area contributed by atoms with E-state index in [1.165, 1.54) is 6.33 Å². The van der Waals surface area contributed by atoms with E-state index in [9.17, 15) is 4.79 Å². The summed E-state index contributed by atoms with van der Waals surface area (Å²) in [5.74, 6) is 1.81. The number of morpholine rings is 1. The van der Waals surface area contributed by atoms with Crippen molar-refractivity contribution in [2.45, 2.75) is 32.8 Å². The Balaban J connectivity index is 1.45. The number of aromatic nitrogens is 4. The van der Waals surface area contributed by atoms with Gasteiger partial charge in [-0.25, -0.2) is 9.97 Å². The molecule has 1 atom stereocenters. The highest BCUT2D eigenvalue weighted by molar-refractivity contribution is 5.78. The molecule has 4 rings (SSSR count). The summed E-state index contributed by atoms with van der Waals surface area (Å²) in [6.45, 7) is 8.00. The fourth-order valence-corrected chi connectivity index (χ4v) is 3.73. The van der Waals surface area contributed by atoms with Crippen LogP contribution in [0.15, 0.2) is 17.0 Å². The molecule has 28 heavy (non-hydrogen) atoms. The maximum absolute atomic E-state index is 12.8. The van der Waals surface area contributed by atoms with E-state index in [0.717, 1.165) is 31.8 Å². The van der Waals surface area contributed by atoms with Crippen LogP contribution in [0.4, 0.5) is 0 Å². The quantitative estimate of drug-likeness (QED) is 0.779. The van der Waals surface area contributed by atoms with Crippen LogP contribution in [0.2, 0.25) is 0 Å². The highest BCUT2D eigenvalue weighted by atomic mass is 16.5. The van der Waals surface area contributed by atoms with Gasteiger partial charge in [-0.3, -0.25) is 9.69 Å². The van der Waals surface area contributed by atoms with E-state index in [0.29, 0.717) is 49.2 Å². The molecular formula is C19H26N6O3. The largest absolute Gasteiger partial charge is 0.368 e. The van der Waals surface area contributed by atoms with Gasteiger partial charge in [0, 0.05) is 19.7 Å². The third kappa shape index (κ3) is 4.20. The molecule has 2 aliphatic heterocycles. The number of amides is 1. The molecule has 4 heterocycles. The van der Waals surface area contributed by atoms with Gasteiger partial charge in [-0.15, -0.1) is 0 Å². The number of likely N-dealkylation sites (tertiary alicyclic amines) is 1. The van der Waals surface area contributed by atoms with E-state index in [1.807, 2.05) is 4.90 Å². The zero-order chi connectivity index (χ0) is 19.5. The topological polar surface area (TPSA) is 97.5 Å². The van der Waals surface area contributed by atoms with E-state index in [4.69, 9.17) is 9.26 Å². The molecule has 2 saturated heterocycles. The summed E-state index contributed by atoms with van der Waals surface area (Å²) in [4.78, 5) is 29.7. The van der Waals surface area contributed by atoms with Crippen LogP contribution in [0.1, 0.15) is 37.5 Å². The molecule has 1 amide bonds. The SMILES string of the molecule is Cc1nc(-c2cncnc2[C@@H]2CN(C(=O)CN3CCC(C)CC3)CCO2)no1. The summed E-state index contributed by atoms with van der Waals surface area (Å²) >= 11 is 0. The summed E-state index contributed by atoms with van der Waals surface area (Å²) in [6, 6.07) is 0. The zero-order valence-electron chi connectivity index (χ0n) is 16.4. The molecule has 0 saturated carbocycles. The molecule has 0 N–H and O–H groups in total. The van der Waals surface area contributed by atoms with Crippen molar-refractivity contribution in [1.29, 1.82) is 0 Å². The lowest BCUT2D eigenvalue weighted by molar-refractivity contribution is -0.140. The molecule has 9 nitrogen and oxygen atoms in total. The van der Waals surface area contributed by atoms with Crippen molar-refractivity contribution >= 4 is 5.91 Å². The number of hydrogen-bond acceptors (Lipinski definition) is 8. The summed E-state index contributed by atoms with van der Waals surface area (Å²) in [7, 11) is 0. The first-order valence-electron chi connectivity index (χ1n) is 9.82. The summed E-state index contributed by atoms with van der Waals surface area (Å²) in [5, 5.41) is 3.97. The fraction of sp³-hybridized carbons (Fsp3) is 0.632. The van der Waals surface area contributed by atoms with E-state index >= 15 is 0 Å². The van der Waals surface area contributed by atoms with Crippen LogP contribution in [0.3, 0.4) is 0 Å². The first kappa shape index (κ1) is 18.9. The van der Waals surface area contributed by atoms with E-state index in [1.54, 1.807) is 13.1 Å². The Morgan fingerprint density at radius 1 is 1.29 bits per heavy atom. The summed E-state index contributed by atoms with van der Waals surface area (Å²) in [6.07, 6.45) is 5.12. The molecule has 2 aliphatic rings. The third-order valence-electron chi connectivity index (χ3n) is 5.47. The van der Waals surface area contributed by atoms with Gasteiger partial charge < -0.3 is 14.2 Å². The summed E-state index contributed by atoms with van der Waals surface area (Å²) in [5.41, 5.74) is 1.35. The lowest BCUT2D eigenvalue weighted by Crippen LogP contribution is -2.48. The molecule has 0 spiro atoms. The highest BCUT2D eigenvalue weighted by Gasteiger charge is 2.30. The smallest absolute Gasteiger partial charge is 0.236 e. The maximum Gasteiger partial charge on any atom is 0.236 e. The predicted octanol–water partition coefficient (Wildman–Crippen LogP) is 1.47. The number of nitrogens with zero attached hydrogens (tertiary/aromatic N) is 6. The zero-order valence-corrected chi connectivity index (χ0v) is 16.4. The Morgan fingerprint density at radius 3 is 2.86 bits per heavy atom. The number of carbonyl (C=O) groups is 1. The first-order valence-corrected chi connectivity index (χ1v) is 9.82. The van der Waals surface area contributed by atoms with Crippen LogP contribution in [-0.4, -0.2) is 75.1 Å². The number of aryl methyl sites for hydroxylation is 1. The first-order chi connectivity index (χ1) is 13.6. The number of piperidine rings is 1. The molecule has 2 aromatic heterocycles. The van der Waals surface area contributed by atoms with Gasteiger partial charge in [0.15, 0.2) is 0 Å². The number of rotatable bonds is 4. The second-order valence-corrected chi connectivity index (χ2v) is 7.62. The Labute approximate surface area is 164 Å². The van der Waals surface area contributed by atoms with Crippen LogP contribution in [0.5, 0.6) is 0 Å². The average Bonchev–Trinajstić information content (AvgIpc) is 3.16. The van der Waals surface area contributed by atoms with Crippen molar-refractivity contribution in [2.75, 3.05) is 39.3 Å². The molecule has 0 radical (unpaired) electrons. The Bertz CT molecular complexity index is 818. The van der Waals surface area contributed by atoms with Gasteiger partial charge in [-0.05, 0) is 31.8 Å². The monoisotopic (exact) mass is 386 g/mol. The van der Waals surface area contributed by atoms with Crippen molar-refractivity contribution in [1.82, 2.24) is 29.9 Å². The lowest BCUT2D eigenvalue weighted by atomic mass is 9.99. The Kier molecular flexibility index (Phi) is 5.63. The molecule has 0 bridgehead atoms. The van der Waals surface area contributed by atoms with Gasteiger partial charge in [-0.2, -0.15) is 4.98 Å². The van der Waals surface area contributed by atoms with Crippen molar-refractivity contribution in [3.63, 3.8) is 0 Å². The number of hydrogen-bond donors (Lipinski definition) is 0. The number of carbonyl (C=O) groups excluding carboxylic acids is 1. The van der Waals surface area contributed by atoms with Gasteiger partial charge >= 0.3 is 0 Å². The lowest BCUT2D eigenvalue weighted by Gasteiger charge is -2.36. The van der Waals surface area contributed by atoms with Crippen molar-refractivity contribution in [2.24, 2.45) is 5.92 Å². The van der Waals surface area contributed by atoms with Crippen molar-refractivity contribution in [3.8, 4) is 11.4 Å². The van der Waals surface area contributed by atoms with Crippen molar-refractivity contribution < 1.29 is 14.1 Å². The predicted molar refractivity (Wildman–Crippen MR) is 100 cm³/mol. The van der Waals surface area contributed by atoms with Crippen LogP contribution in [-0.2, 0) is 9.53 Å². The fourth-order valence-electron chi connectivity index (χ4n) is 3.73. The minimum atomic E-state index is -0.337. The highest BCUT2D eigenvalue weighted by Crippen LogP contribution is 2.28. The molecule has 2 fully saturated rings. The Hall–Kier alpha value is -2.39. The molecule has 9 heteroatoms. The summed E-state index contributed by atoms with van der Waals surface area (Å²) < 4.78 is 11.0. The average molecular weight is 386 g/mol. The molecule has 0 aliphatic carbocycles. The minimum Gasteiger partial charge on any atom is -0.368 e. The second kappa shape index (κ2) is 8.32. The molecule has 0 unspecified atom stereocenters. The minimum absolute atomic E-state index is 0.147. The standard InChI is InChI=1S/C19H26N6O3/c1-13-3-5-24(6-4-13)11-17(26)25-7-8-27-16(10-25)18-15(9-20-12-21-18)19-22-14(2)28-23-19/h9,12-13,16H,3-8,10-11H2,1-2H3/t16-/m0/s1. The van der Waals surface area contributed by atoms with Gasteiger partial charge in [0.1, 0.15) is 12.4 Å². The van der Waals surface area contributed by atoms with Crippen LogP contribution < -0.4 is 0 Å². The van der Waals surface area contributed by atoms with E-state index < -0.39 is 0 Å². The van der Waals surface area contributed by atoms with Crippen LogP contribution in [0, 0.1) is 12.8 Å². The van der Waals surface area contributed by atoms with Crippen molar-refractivity contribution in [3.05, 3.63) is 24.1 Å². The second-order valence-electron chi connectivity index (χ2n) is 7.62. The molecule has 2 aromatic rings. The molecule has 150 valence electrons. The van der Waals surface area contributed by atoms with Crippen LogP contribution >= 0.6 is 0 Å². The Morgan fingerprint density at radius 2 is 2.11 bits per heavy atom. The molecular weight excluding hydrogens is 360 g/mol. The van der Waals surface area contributed by atoms with E-state index in [-0.39, 0.29) is 12.0 Å². The maximum atomic E-state index is 12.8. The molecule has 0 aromatic carbocycles. The number of ether oxygens (including phenoxy) is 1. The van der Waals surface area contributed by atoms with Gasteiger partial charge in [-0.1, -0.05) is 12.1 Å². The van der Waals surface area contributed by atoms with Crippen LogP contribution in [0.25, 0.3) is 11.4 Å². The van der Waals surface area contributed by atoms with Gasteiger partial charge in [0.2, 0.25) is 17.6 Å². The third-order valence-corrected chi connectivity index (χ3v) is 5.47. The normalized spacial score (nSPS) is 21.8. The van der Waals surface area contributed by atoms with Gasteiger partial charge in [0.25, 0.3) is 0 Å². The van der Waals surface area contributed by atoms with Gasteiger partial charge in [0.05, 0.1) is 31.0 Å². The van der Waals surface area contributed by atoms with E-state index in [2.05, 4.69) is 31.9 Å².